The third-order valence-corrected chi connectivity index (χ3v) is 5.26. The largest absolute Gasteiger partial charge is 0.484 e. The molecule has 2 saturated heterocycles. The lowest BCUT2D eigenvalue weighted by Gasteiger charge is -2.29. The van der Waals surface area contributed by atoms with Crippen molar-refractivity contribution in [3.63, 3.8) is 0 Å². The van der Waals surface area contributed by atoms with Gasteiger partial charge in [-0.1, -0.05) is 48.5 Å². The highest BCUT2D eigenvalue weighted by Gasteiger charge is 2.42. The normalized spacial score (nSPS) is 21.9. The number of benzene rings is 2. The first-order valence-electron chi connectivity index (χ1n) is 9.61. The van der Waals surface area contributed by atoms with Crippen LogP contribution in [0.5, 0.6) is 5.75 Å². The molecule has 4 rings (SSSR count). The number of ether oxygens (including phenoxy) is 2. The van der Waals surface area contributed by atoms with Crippen LogP contribution in [0, 0.1) is 0 Å². The van der Waals surface area contributed by atoms with E-state index in [1.54, 1.807) is 4.90 Å². The molecular formula is C22H24N2O4. The van der Waals surface area contributed by atoms with Gasteiger partial charge in [0.25, 0.3) is 5.91 Å². The van der Waals surface area contributed by atoms with E-state index >= 15 is 0 Å². The molecule has 0 bridgehead atoms. The van der Waals surface area contributed by atoms with Crippen molar-refractivity contribution < 1.29 is 19.1 Å². The Balaban J connectivity index is 1.42. The van der Waals surface area contributed by atoms with Crippen LogP contribution in [0.2, 0.25) is 0 Å². The fourth-order valence-electron chi connectivity index (χ4n) is 3.79. The number of rotatable bonds is 5. The summed E-state index contributed by atoms with van der Waals surface area (Å²) in [5.41, 5.74) is 1.08. The van der Waals surface area contributed by atoms with Crippen LogP contribution in [0.4, 0.5) is 0 Å². The summed E-state index contributed by atoms with van der Waals surface area (Å²) in [6.45, 7) is 1.87. The van der Waals surface area contributed by atoms with E-state index in [0.29, 0.717) is 38.4 Å². The van der Waals surface area contributed by atoms with E-state index in [9.17, 15) is 9.59 Å². The average molecular weight is 380 g/mol. The third kappa shape index (κ3) is 4.17. The summed E-state index contributed by atoms with van der Waals surface area (Å²) in [5, 5.41) is 0. The molecule has 28 heavy (non-hydrogen) atoms. The predicted molar refractivity (Wildman–Crippen MR) is 104 cm³/mol. The minimum Gasteiger partial charge on any atom is -0.484 e. The van der Waals surface area contributed by atoms with Crippen LogP contribution in [0.25, 0.3) is 0 Å². The fraction of sp³-hybridized carbons (Fsp3) is 0.364. The number of carbonyl (C=O) groups is 2. The topological polar surface area (TPSA) is 59.1 Å². The minimum absolute atomic E-state index is 0.0178. The Morgan fingerprint density at radius 3 is 2.50 bits per heavy atom. The molecule has 2 aliphatic rings. The van der Waals surface area contributed by atoms with Crippen LogP contribution in [-0.2, 0) is 20.9 Å². The summed E-state index contributed by atoms with van der Waals surface area (Å²) in [6, 6.07) is 19.1. The zero-order valence-electron chi connectivity index (χ0n) is 15.7. The number of likely N-dealkylation sites (tertiary alicyclic amines) is 1. The van der Waals surface area contributed by atoms with Gasteiger partial charge in [-0.05, 0) is 17.7 Å². The molecule has 2 aliphatic heterocycles. The summed E-state index contributed by atoms with van der Waals surface area (Å²) in [5.74, 6) is 0.653. The Hall–Kier alpha value is -2.86. The number of nitrogens with zero attached hydrogens (tertiary/aromatic N) is 2. The Labute approximate surface area is 164 Å². The SMILES string of the molecule is O=C(COc1ccccc1)N1C[C@@H]2OCCC(=O)N(Cc3ccccc3)[C@H]2C1. The molecule has 2 atom stereocenters. The number of carbonyl (C=O) groups excluding carboxylic acids is 2. The van der Waals surface area contributed by atoms with Gasteiger partial charge in [0.1, 0.15) is 5.75 Å². The molecule has 0 spiro atoms. The van der Waals surface area contributed by atoms with E-state index in [-0.39, 0.29) is 30.6 Å². The smallest absolute Gasteiger partial charge is 0.260 e. The van der Waals surface area contributed by atoms with E-state index in [2.05, 4.69) is 0 Å². The van der Waals surface area contributed by atoms with Gasteiger partial charge in [-0.3, -0.25) is 9.59 Å². The second-order valence-corrected chi connectivity index (χ2v) is 7.13. The van der Waals surface area contributed by atoms with Gasteiger partial charge in [0.05, 0.1) is 25.2 Å². The van der Waals surface area contributed by atoms with E-state index in [4.69, 9.17) is 9.47 Å². The van der Waals surface area contributed by atoms with E-state index in [0.717, 1.165) is 5.56 Å². The quantitative estimate of drug-likeness (QED) is 0.797. The second-order valence-electron chi connectivity index (χ2n) is 7.13. The van der Waals surface area contributed by atoms with Crippen molar-refractivity contribution in [1.29, 1.82) is 0 Å². The summed E-state index contributed by atoms with van der Waals surface area (Å²) in [4.78, 5) is 28.9. The predicted octanol–water partition coefficient (Wildman–Crippen LogP) is 2.09. The first kappa shape index (κ1) is 18.5. The minimum atomic E-state index is -0.157. The van der Waals surface area contributed by atoms with Gasteiger partial charge in [0.15, 0.2) is 6.61 Å². The Bertz CT molecular complexity index is 812. The van der Waals surface area contributed by atoms with Crippen molar-refractivity contribution in [1.82, 2.24) is 9.80 Å². The van der Waals surface area contributed by atoms with Crippen molar-refractivity contribution in [3.8, 4) is 5.75 Å². The maximum Gasteiger partial charge on any atom is 0.260 e. The standard InChI is InChI=1S/C22H24N2O4/c25-21-11-12-27-20-15-23(22(26)16-28-18-9-5-2-6-10-18)14-19(20)24(21)13-17-7-3-1-4-8-17/h1-10,19-20H,11-16H2/t19-,20-/m0/s1. The number of para-hydroxylation sites is 1. The van der Waals surface area contributed by atoms with Crippen LogP contribution in [-0.4, -0.2) is 60.1 Å². The van der Waals surface area contributed by atoms with Gasteiger partial charge in [-0.2, -0.15) is 0 Å². The molecule has 146 valence electrons. The van der Waals surface area contributed by atoms with Gasteiger partial charge in [0, 0.05) is 19.6 Å². The molecule has 2 amide bonds. The summed E-state index contributed by atoms with van der Waals surface area (Å²) in [7, 11) is 0. The van der Waals surface area contributed by atoms with Crippen molar-refractivity contribution in [2.75, 3.05) is 26.3 Å². The van der Waals surface area contributed by atoms with E-state index in [1.807, 2.05) is 65.6 Å². The van der Waals surface area contributed by atoms with Crippen LogP contribution >= 0.6 is 0 Å². The highest BCUT2D eigenvalue weighted by atomic mass is 16.5. The first-order valence-corrected chi connectivity index (χ1v) is 9.61. The zero-order chi connectivity index (χ0) is 19.3. The molecule has 2 heterocycles. The molecule has 2 aromatic carbocycles. The molecule has 2 fully saturated rings. The monoisotopic (exact) mass is 380 g/mol. The first-order chi connectivity index (χ1) is 13.7. The Morgan fingerprint density at radius 1 is 1.04 bits per heavy atom. The van der Waals surface area contributed by atoms with E-state index < -0.39 is 0 Å². The summed E-state index contributed by atoms with van der Waals surface area (Å²) >= 11 is 0. The summed E-state index contributed by atoms with van der Waals surface area (Å²) in [6.07, 6.45) is 0.223. The number of fused-ring (bicyclic) bond motifs is 1. The summed E-state index contributed by atoms with van der Waals surface area (Å²) < 4.78 is 11.5. The molecule has 0 aliphatic carbocycles. The van der Waals surface area contributed by atoms with E-state index in [1.165, 1.54) is 0 Å². The van der Waals surface area contributed by atoms with Gasteiger partial charge in [-0.25, -0.2) is 0 Å². The number of amides is 2. The number of hydrogen-bond acceptors (Lipinski definition) is 4. The molecule has 6 nitrogen and oxygen atoms in total. The maximum absolute atomic E-state index is 12.7. The van der Waals surface area contributed by atoms with Crippen molar-refractivity contribution >= 4 is 11.8 Å². The third-order valence-electron chi connectivity index (χ3n) is 5.26. The Morgan fingerprint density at radius 2 is 1.75 bits per heavy atom. The van der Waals surface area contributed by atoms with Crippen LogP contribution < -0.4 is 4.74 Å². The van der Waals surface area contributed by atoms with Gasteiger partial charge in [-0.15, -0.1) is 0 Å². The molecule has 0 radical (unpaired) electrons. The molecule has 0 unspecified atom stereocenters. The highest BCUT2D eigenvalue weighted by Crippen LogP contribution is 2.25. The lowest BCUT2D eigenvalue weighted by Crippen LogP contribution is -2.45. The second kappa shape index (κ2) is 8.44. The van der Waals surface area contributed by atoms with Crippen LogP contribution in [0.1, 0.15) is 12.0 Å². The zero-order valence-corrected chi connectivity index (χ0v) is 15.7. The van der Waals surface area contributed by atoms with Crippen LogP contribution in [0.15, 0.2) is 60.7 Å². The molecule has 0 aromatic heterocycles. The lowest BCUT2D eigenvalue weighted by atomic mass is 10.1. The molecule has 0 N–H and O–H groups in total. The molecule has 2 aromatic rings. The Kier molecular flexibility index (Phi) is 5.58. The highest BCUT2D eigenvalue weighted by molar-refractivity contribution is 5.79. The van der Waals surface area contributed by atoms with Gasteiger partial charge >= 0.3 is 0 Å². The average Bonchev–Trinajstić information content (AvgIpc) is 3.09. The van der Waals surface area contributed by atoms with Crippen molar-refractivity contribution in [2.45, 2.75) is 25.1 Å². The molecule has 6 heteroatoms. The van der Waals surface area contributed by atoms with Crippen LogP contribution in [0.3, 0.4) is 0 Å². The van der Waals surface area contributed by atoms with Gasteiger partial charge in [0.2, 0.25) is 5.91 Å². The maximum atomic E-state index is 12.7. The van der Waals surface area contributed by atoms with Gasteiger partial charge < -0.3 is 19.3 Å². The number of hydrogen-bond donors (Lipinski definition) is 0. The fourth-order valence-corrected chi connectivity index (χ4v) is 3.79. The lowest BCUT2D eigenvalue weighted by molar-refractivity contribution is -0.136. The van der Waals surface area contributed by atoms with Crippen molar-refractivity contribution in [2.24, 2.45) is 0 Å². The van der Waals surface area contributed by atoms with Crippen molar-refractivity contribution in [3.05, 3.63) is 66.2 Å². The molecular weight excluding hydrogens is 356 g/mol. The molecule has 0 saturated carbocycles.